The molecule has 2 aromatic rings. The number of likely N-dealkylation sites (tertiary alicyclic amines) is 2. The van der Waals surface area contributed by atoms with Crippen molar-refractivity contribution in [1.29, 1.82) is 0 Å². The Morgan fingerprint density at radius 2 is 1.92 bits per heavy atom. The number of carbonyl (C=O) groups is 1. The van der Waals surface area contributed by atoms with Gasteiger partial charge in [-0.1, -0.05) is 11.6 Å². The second-order valence-electron chi connectivity index (χ2n) is 11.8. The molecule has 37 heavy (non-hydrogen) atoms. The predicted octanol–water partition coefficient (Wildman–Crippen LogP) is 5.35. The van der Waals surface area contributed by atoms with Crippen LogP contribution < -0.4 is 9.64 Å². The maximum atomic E-state index is 15.3. The summed E-state index contributed by atoms with van der Waals surface area (Å²) in [5.41, 5.74) is -0.381. The van der Waals surface area contributed by atoms with Crippen LogP contribution in [0.1, 0.15) is 40.0 Å². The summed E-state index contributed by atoms with van der Waals surface area (Å²) in [5, 5.41) is 0.821. The topological polar surface area (TPSA) is 71.0 Å². The quantitative estimate of drug-likeness (QED) is 0.439. The molecule has 0 N–H and O–H groups in total. The van der Waals surface area contributed by atoms with E-state index in [0.29, 0.717) is 43.4 Å². The third kappa shape index (κ3) is 5.61. The molecular formula is C26H34BrClFN5O3. The van der Waals surface area contributed by atoms with Gasteiger partial charge in [-0.05, 0) is 88.1 Å². The molecule has 4 heterocycles. The Balaban J connectivity index is 1.36. The van der Waals surface area contributed by atoms with E-state index in [-0.39, 0.29) is 32.5 Å². The highest BCUT2D eigenvalue weighted by Gasteiger charge is 2.50. The zero-order chi connectivity index (χ0) is 26.5. The monoisotopic (exact) mass is 597 g/mol. The summed E-state index contributed by atoms with van der Waals surface area (Å²) in [4.78, 5) is 27.9. The second kappa shape index (κ2) is 10.0. The molecule has 3 fully saturated rings. The van der Waals surface area contributed by atoms with Crippen LogP contribution in [0.5, 0.6) is 6.01 Å². The highest BCUT2D eigenvalue weighted by Crippen LogP contribution is 2.44. The summed E-state index contributed by atoms with van der Waals surface area (Å²) in [6, 6.07) is 1.89. The highest BCUT2D eigenvalue weighted by atomic mass is 79.9. The number of nitrogens with zero attached hydrogens (tertiary/aromatic N) is 5. The minimum Gasteiger partial charge on any atom is -0.463 e. The van der Waals surface area contributed by atoms with Crippen LogP contribution >= 0.6 is 27.5 Å². The zero-order valence-electron chi connectivity index (χ0n) is 21.8. The summed E-state index contributed by atoms with van der Waals surface area (Å²) in [7, 11) is 2.12. The molecule has 1 aromatic heterocycles. The molecule has 1 amide bonds. The number of rotatable bonds is 4. The summed E-state index contributed by atoms with van der Waals surface area (Å²) in [6.07, 6.45) is 2.72. The van der Waals surface area contributed by atoms with Crippen LogP contribution in [0.3, 0.4) is 0 Å². The minimum absolute atomic E-state index is 0.0406. The van der Waals surface area contributed by atoms with Crippen LogP contribution in [-0.2, 0) is 4.74 Å². The third-order valence-electron chi connectivity index (χ3n) is 7.51. The van der Waals surface area contributed by atoms with Crippen molar-refractivity contribution in [2.75, 3.05) is 57.8 Å². The number of hydrogen-bond donors (Lipinski definition) is 0. The Hall–Kier alpha value is -1.91. The fourth-order valence-electron chi connectivity index (χ4n) is 5.46. The van der Waals surface area contributed by atoms with Crippen molar-refractivity contribution < 1.29 is 18.7 Å². The maximum absolute atomic E-state index is 15.3. The van der Waals surface area contributed by atoms with E-state index in [0.717, 1.165) is 38.9 Å². The number of carbonyl (C=O) groups excluding carboxylic acids is 1. The van der Waals surface area contributed by atoms with Gasteiger partial charge in [0.05, 0.1) is 16.1 Å². The first kappa shape index (κ1) is 26.7. The van der Waals surface area contributed by atoms with Crippen LogP contribution in [0.4, 0.5) is 15.0 Å². The number of fused-ring (bicyclic) bond motifs is 1. The average molecular weight is 599 g/mol. The van der Waals surface area contributed by atoms with E-state index in [1.165, 1.54) is 0 Å². The van der Waals surface area contributed by atoms with Gasteiger partial charge in [0.2, 0.25) is 0 Å². The van der Waals surface area contributed by atoms with Gasteiger partial charge in [-0.2, -0.15) is 9.97 Å². The molecule has 5 rings (SSSR count). The number of aromatic nitrogens is 2. The van der Waals surface area contributed by atoms with Crippen LogP contribution in [0.2, 0.25) is 5.02 Å². The maximum Gasteiger partial charge on any atom is 0.410 e. The minimum atomic E-state index is -0.525. The van der Waals surface area contributed by atoms with Gasteiger partial charge in [0.15, 0.2) is 5.82 Å². The molecule has 0 unspecified atom stereocenters. The average Bonchev–Trinajstić information content (AvgIpc) is 3.26. The van der Waals surface area contributed by atoms with Crippen LogP contribution in [-0.4, -0.2) is 84.4 Å². The second-order valence-corrected chi connectivity index (χ2v) is 13.0. The summed E-state index contributed by atoms with van der Waals surface area (Å²) >= 11 is 9.58. The first-order valence-electron chi connectivity index (χ1n) is 12.8. The lowest BCUT2D eigenvalue weighted by Gasteiger charge is -2.47. The van der Waals surface area contributed by atoms with Crippen molar-refractivity contribution in [3.63, 3.8) is 0 Å². The Bertz CT molecular complexity index is 1200. The van der Waals surface area contributed by atoms with Crippen molar-refractivity contribution in [2.24, 2.45) is 11.3 Å². The molecule has 11 heteroatoms. The smallest absolute Gasteiger partial charge is 0.410 e. The zero-order valence-corrected chi connectivity index (χ0v) is 24.2. The van der Waals surface area contributed by atoms with Crippen LogP contribution in [0.15, 0.2) is 10.5 Å². The fraction of sp³-hybridized carbons (Fsp3) is 0.654. The van der Waals surface area contributed by atoms with E-state index in [1.54, 1.807) is 11.0 Å². The van der Waals surface area contributed by atoms with Crippen molar-refractivity contribution in [3.05, 3.63) is 21.4 Å². The molecule has 0 saturated carbocycles. The number of anilines is 1. The first-order chi connectivity index (χ1) is 17.4. The van der Waals surface area contributed by atoms with Crippen molar-refractivity contribution in [3.8, 4) is 6.01 Å². The Morgan fingerprint density at radius 1 is 1.22 bits per heavy atom. The van der Waals surface area contributed by atoms with Gasteiger partial charge in [0, 0.05) is 37.0 Å². The Morgan fingerprint density at radius 3 is 2.59 bits per heavy atom. The molecule has 0 radical (unpaired) electrons. The summed E-state index contributed by atoms with van der Waals surface area (Å²) in [6.45, 7) is 10.9. The normalized spacial score (nSPS) is 20.5. The van der Waals surface area contributed by atoms with E-state index >= 15 is 4.39 Å². The SMILES string of the molecule is CN1CCC(COc2nc(N3CCC4(CN(C(=O)OC(C)(C)C)C4)C3)c3cc(Cl)c(Br)c(F)c3n2)CC1. The molecule has 3 aliphatic heterocycles. The summed E-state index contributed by atoms with van der Waals surface area (Å²) < 4.78 is 27.0. The molecule has 0 aliphatic carbocycles. The molecule has 3 saturated heterocycles. The lowest BCUT2D eigenvalue weighted by Crippen LogP contribution is -2.60. The number of benzene rings is 1. The largest absolute Gasteiger partial charge is 0.463 e. The molecule has 0 bridgehead atoms. The van der Waals surface area contributed by atoms with Gasteiger partial charge in [0.1, 0.15) is 16.9 Å². The molecule has 1 spiro atoms. The van der Waals surface area contributed by atoms with Gasteiger partial charge in [-0.3, -0.25) is 0 Å². The number of hydrogen-bond acceptors (Lipinski definition) is 7. The molecule has 3 aliphatic rings. The molecule has 1 aromatic carbocycles. The number of halogens is 3. The Labute approximate surface area is 230 Å². The van der Waals surface area contributed by atoms with Crippen LogP contribution in [0.25, 0.3) is 10.9 Å². The molecular weight excluding hydrogens is 565 g/mol. The van der Waals surface area contributed by atoms with Gasteiger partial charge >= 0.3 is 12.1 Å². The molecule has 202 valence electrons. The summed E-state index contributed by atoms with van der Waals surface area (Å²) in [5.74, 6) is 0.512. The molecule has 8 nitrogen and oxygen atoms in total. The van der Waals surface area contributed by atoms with Gasteiger partial charge in [-0.25, -0.2) is 9.18 Å². The number of ether oxygens (including phenoxy) is 2. The lowest BCUT2D eigenvalue weighted by atomic mass is 9.79. The van der Waals surface area contributed by atoms with E-state index in [1.807, 2.05) is 20.8 Å². The van der Waals surface area contributed by atoms with Crippen LogP contribution in [0, 0.1) is 17.2 Å². The van der Waals surface area contributed by atoms with E-state index in [9.17, 15) is 4.79 Å². The first-order valence-corrected chi connectivity index (χ1v) is 14.0. The number of amides is 1. The van der Waals surface area contributed by atoms with Crippen molar-refractivity contribution >= 4 is 50.3 Å². The van der Waals surface area contributed by atoms with Gasteiger partial charge in [-0.15, -0.1) is 0 Å². The third-order valence-corrected chi connectivity index (χ3v) is 8.82. The van der Waals surface area contributed by atoms with Gasteiger partial charge < -0.3 is 24.2 Å². The predicted molar refractivity (Wildman–Crippen MR) is 145 cm³/mol. The Kier molecular flexibility index (Phi) is 7.21. The lowest BCUT2D eigenvalue weighted by molar-refractivity contribution is -0.0266. The van der Waals surface area contributed by atoms with E-state index in [2.05, 4.69) is 37.8 Å². The standard InChI is InChI=1S/C26H34BrClFN5O3/c1-25(2,3)37-24(35)34-14-26(15-34)7-10-33(13-26)22-17-11-18(28)19(27)20(29)21(17)30-23(31-22)36-12-16-5-8-32(4)9-6-16/h11,16H,5-10,12-15H2,1-4H3. The van der Waals surface area contributed by atoms with Crippen molar-refractivity contribution in [1.82, 2.24) is 19.8 Å². The molecule has 0 atom stereocenters. The van der Waals surface area contributed by atoms with Crippen molar-refractivity contribution in [2.45, 2.75) is 45.6 Å². The fourth-order valence-corrected chi connectivity index (χ4v) is 5.95. The van der Waals surface area contributed by atoms with E-state index in [4.69, 9.17) is 26.1 Å². The highest BCUT2D eigenvalue weighted by molar-refractivity contribution is 9.10. The number of piperidine rings is 1. The van der Waals surface area contributed by atoms with Gasteiger partial charge in [0.25, 0.3) is 0 Å². The van der Waals surface area contributed by atoms with E-state index < -0.39 is 11.4 Å².